The standard InChI is InChI=1S/C26H22F3N3O4S/c27-26(28,29)18-7-5-8-20(15-18)31-37(34,35)24-16-19(10-11-21(24)32-12-3-4-13-32)30-25(33)23-14-17-6-1-2-9-22(17)36-23/h1-2,5-11,14-16,31H,3-4,12-13H2,(H,30,33). The van der Waals surface area contributed by atoms with Crippen LogP contribution in [0.4, 0.5) is 30.2 Å². The van der Waals surface area contributed by atoms with Gasteiger partial charge in [0.1, 0.15) is 10.5 Å². The molecule has 1 aliphatic rings. The molecular formula is C26H22F3N3O4S. The lowest BCUT2D eigenvalue weighted by molar-refractivity contribution is -0.137. The van der Waals surface area contributed by atoms with Gasteiger partial charge in [0.2, 0.25) is 0 Å². The summed E-state index contributed by atoms with van der Waals surface area (Å²) in [5.74, 6) is -0.518. The van der Waals surface area contributed by atoms with Crippen molar-refractivity contribution in [2.24, 2.45) is 0 Å². The number of anilines is 3. The molecule has 7 nitrogen and oxygen atoms in total. The van der Waals surface area contributed by atoms with E-state index in [0.29, 0.717) is 24.4 Å². The Morgan fingerprint density at radius 3 is 2.38 bits per heavy atom. The van der Waals surface area contributed by atoms with Gasteiger partial charge in [0.15, 0.2) is 5.76 Å². The van der Waals surface area contributed by atoms with Gasteiger partial charge in [-0.05, 0) is 61.4 Å². The van der Waals surface area contributed by atoms with E-state index in [-0.39, 0.29) is 22.0 Å². The maximum Gasteiger partial charge on any atom is 0.416 e. The maximum atomic E-state index is 13.4. The molecule has 1 aromatic heterocycles. The monoisotopic (exact) mass is 529 g/mol. The van der Waals surface area contributed by atoms with Crippen LogP contribution in [0.1, 0.15) is 29.0 Å². The second kappa shape index (κ2) is 9.47. The zero-order valence-corrected chi connectivity index (χ0v) is 20.2. The third-order valence-corrected chi connectivity index (χ3v) is 7.46. The van der Waals surface area contributed by atoms with Crippen molar-refractivity contribution in [1.82, 2.24) is 0 Å². The number of alkyl halides is 3. The van der Waals surface area contributed by atoms with Gasteiger partial charge in [-0.3, -0.25) is 9.52 Å². The molecule has 11 heteroatoms. The van der Waals surface area contributed by atoms with E-state index in [0.717, 1.165) is 36.4 Å². The molecule has 4 aromatic rings. The number of carbonyl (C=O) groups is 1. The summed E-state index contributed by atoms with van der Waals surface area (Å²) in [7, 11) is -4.32. The highest BCUT2D eigenvalue weighted by Gasteiger charge is 2.31. The largest absolute Gasteiger partial charge is 0.451 e. The van der Waals surface area contributed by atoms with Crippen molar-refractivity contribution in [3.05, 3.63) is 84.1 Å². The first-order chi connectivity index (χ1) is 17.6. The molecule has 1 amide bonds. The Kier molecular flexibility index (Phi) is 6.32. The number of halogens is 3. The number of hydrogen-bond donors (Lipinski definition) is 2. The smallest absolute Gasteiger partial charge is 0.416 e. The van der Waals surface area contributed by atoms with E-state index in [4.69, 9.17) is 4.42 Å². The number of carbonyl (C=O) groups excluding carboxylic acids is 1. The minimum absolute atomic E-state index is 0.0521. The molecule has 2 heterocycles. The van der Waals surface area contributed by atoms with Gasteiger partial charge in [-0.2, -0.15) is 13.2 Å². The lowest BCUT2D eigenvalue weighted by atomic mass is 10.2. The number of benzene rings is 3. The first-order valence-electron chi connectivity index (χ1n) is 11.5. The SMILES string of the molecule is O=C(Nc1ccc(N2CCCC2)c(S(=O)(=O)Nc2cccc(C(F)(F)F)c2)c1)c1cc2ccccc2o1. The molecule has 2 N–H and O–H groups in total. The number of sulfonamides is 1. The Hall–Kier alpha value is -3.99. The van der Waals surface area contributed by atoms with Crippen molar-refractivity contribution in [1.29, 1.82) is 0 Å². The van der Waals surface area contributed by atoms with Crippen molar-refractivity contribution in [2.45, 2.75) is 23.9 Å². The van der Waals surface area contributed by atoms with Crippen LogP contribution in [0.3, 0.4) is 0 Å². The highest BCUT2D eigenvalue weighted by atomic mass is 32.2. The van der Waals surface area contributed by atoms with Crippen LogP contribution in [0.2, 0.25) is 0 Å². The summed E-state index contributed by atoms with van der Waals surface area (Å²) in [6.07, 6.45) is -2.86. The Labute approximate surface area is 210 Å². The van der Waals surface area contributed by atoms with Crippen LogP contribution in [0, 0.1) is 0 Å². The van der Waals surface area contributed by atoms with Crippen LogP contribution in [-0.4, -0.2) is 27.4 Å². The van der Waals surface area contributed by atoms with Crippen LogP contribution in [0.5, 0.6) is 0 Å². The minimum Gasteiger partial charge on any atom is -0.451 e. The number of rotatable bonds is 6. The molecule has 1 aliphatic heterocycles. The van der Waals surface area contributed by atoms with E-state index >= 15 is 0 Å². The van der Waals surface area contributed by atoms with Crippen LogP contribution in [0.25, 0.3) is 11.0 Å². The normalized spacial score (nSPS) is 14.2. The fourth-order valence-corrected chi connectivity index (χ4v) is 5.58. The summed E-state index contributed by atoms with van der Waals surface area (Å²) in [5, 5.41) is 3.39. The molecule has 0 bridgehead atoms. The van der Waals surface area contributed by atoms with E-state index < -0.39 is 27.7 Å². The molecule has 1 saturated heterocycles. The van der Waals surface area contributed by atoms with Gasteiger partial charge in [0.05, 0.1) is 11.3 Å². The maximum absolute atomic E-state index is 13.4. The molecule has 3 aromatic carbocycles. The number of nitrogens with one attached hydrogen (secondary N) is 2. The summed E-state index contributed by atoms with van der Waals surface area (Å²) >= 11 is 0. The van der Waals surface area contributed by atoms with Crippen LogP contribution < -0.4 is 14.9 Å². The Morgan fingerprint density at radius 2 is 1.65 bits per heavy atom. The number of fused-ring (bicyclic) bond motifs is 1. The van der Waals surface area contributed by atoms with E-state index in [1.54, 1.807) is 36.4 Å². The summed E-state index contributed by atoms with van der Waals surface area (Å²) in [6.45, 7) is 1.27. The molecule has 0 unspecified atom stereocenters. The topological polar surface area (TPSA) is 91.7 Å². The van der Waals surface area contributed by atoms with Crippen molar-refractivity contribution in [2.75, 3.05) is 28.0 Å². The fourth-order valence-electron chi connectivity index (χ4n) is 4.28. The number of para-hydroxylation sites is 1. The molecule has 37 heavy (non-hydrogen) atoms. The molecular weight excluding hydrogens is 507 g/mol. The molecule has 0 atom stereocenters. The average Bonchev–Trinajstić information content (AvgIpc) is 3.54. The van der Waals surface area contributed by atoms with E-state index in [1.165, 1.54) is 12.1 Å². The molecule has 1 fully saturated rings. The molecule has 0 spiro atoms. The highest BCUT2D eigenvalue weighted by Crippen LogP contribution is 2.34. The lowest BCUT2D eigenvalue weighted by Gasteiger charge is -2.22. The Balaban J connectivity index is 1.47. The Bertz CT molecular complexity index is 1540. The quantitative estimate of drug-likeness (QED) is 0.315. The molecule has 5 rings (SSSR count). The van der Waals surface area contributed by atoms with Gasteiger partial charge in [0.25, 0.3) is 15.9 Å². The summed E-state index contributed by atoms with van der Waals surface area (Å²) < 4.78 is 74.1. The summed E-state index contributed by atoms with van der Waals surface area (Å²) in [5.41, 5.74) is -0.0691. The van der Waals surface area contributed by atoms with Crippen LogP contribution >= 0.6 is 0 Å². The van der Waals surface area contributed by atoms with Crippen molar-refractivity contribution in [3.8, 4) is 0 Å². The Morgan fingerprint density at radius 1 is 0.892 bits per heavy atom. The second-order valence-electron chi connectivity index (χ2n) is 8.66. The zero-order valence-electron chi connectivity index (χ0n) is 19.4. The number of furan rings is 1. The highest BCUT2D eigenvalue weighted by molar-refractivity contribution is 7.92. The first-order valence-corrected chi connectivity index (χ1v) is 13.0. The first kappa shape index (κ1) is 24.7. The van der Waals surface area contributed by atoms with E-state index in [9.17, 15) is 26.4 Å². The fraction of sp³-hybridized carbons (Fsp3) is 0.192. The molecule has 0 aliphatic carbocycles. The number of hydrogen-bond acceptors (Lipinski definition) is 5. The third kappa shape index (κ3) is 5.26. The van der Waals surface area contributed by atoms with Gasteiger partial charge in [0, 0.05) is 29.9 Å². The van der Waals surface area contributed by atoms with Crippen molar-refractivity contribution < 1.29 is 30.8 Å². The van der Waals surface area contributed by atoms with Crippen LogP contribution in [0.15, 0.2) is 82.1 Å². The third-order valence-electron chi connectivity index (χ3n) is 6.05. The van der Waals surface area contributed by atoms with E-state index in [1.807, 2.05) is 11.0 Å². The number of nitrogens with zero attached hydrogens (tertiary/aromatic N) is 1. The van der Waals surface area contributed by atoms with Crippen LogP contribution in [-0.2, 0) is 16.2 Å². The van der Waals surface area contributed by atoms with Gasteiger partial charge in [-0.15, -0.1) is 0 Å². The van der Waals surface area contributed by atoms with Gasteiger partial charge < -0.3 is 14.6 Å². The minimum atomic E-state index is -4.62. The predicted molar refractivity (Wildman–Crippen MR) is 134 cm³/mol. The molecule has 0 radical (unpaired) electrons. The summed E-state index contributed by atoms with van der Waals surface area (Å²) in [4.78, 5) is 14.6. The predicted octanol–water partition coefficient (Wildman–Crippen LogP) is 6.10. The molecule has 0 saturated carbocycles. The second-order valence-corrected chi connectivity index (χ2v) is 10.3. The zero-order chi connectivity index (χ0) is 26.2. The number of amides is 1. The van der Waals surface area contributed by atoms with Crippen molar-refractivity contribution >= 4 is 44.0 Å². The van der Waals surface area contributed by atoms with Gasteiger partial charge >= 0.3 is 6.18 Å². The van der Waals surface area contributed by atoms with Gasteiger partial charge in [-0.25, -0.2) is 8.42 Å². The van der Waals surface area contributed by atoms with Gasteiger partial charge in [-0.1, -0.05) is 24.3 Å². The summed E-state index contributed by atoms with van der Waals surface area (Å²) in [6, 6.07) is 17.1. The van der Waals surface area contributed by atoms with Crippen molar-refractivity contribution in [3.63, 3.8) is 0 Å². The molecule has 192 valence electrons. The average molecular weight is 530 g/mol. The lowest BCUT2D eigenvalue weighted by Crippen LogP contribution is -2.23. The van der Waals surface area contributed by atoms with E-state index in [2.05, 4.69) is 10.0 Å².